The van der Waals surface area contributed by atoms with Gasteiger partial charge in [0, 0.05) is 17.4 Å². The summed E-state index contributed by atoms with van der Waals surface area (Å²) in [6.45, 7) is 0. The van der Waals surface area contributed by atoms with E-state index in [-0.39, 0.29) is 11.8 Å². The Morgan fingerprint density at radius 1 is 1.53 bits per heavy atom. The Morgan fingerprint density at radius 3 is 3.24 bits per heavy atom. The highest BCUT2D eigenvalue weighted by molar-refractivity contribution is 5.67. The number of fused-ring (bicyclic) bond motifs is 2. The third kappa shape index (κ3) is 1.56. The highest BCUT2D eigenvalue weighted by Crippen LogP contribution is 2.50. The number of rotatable bonds is 3. The van der Waals surface area contributed by atoms with Gasteiger partial charge in [0.1, 0.15) is 0 Å². The molecule has 0 saturated heterocycles. The predicted octanol–water partition coefficient (Wildman–Crippen LogP) is 2.97. The van der Waals surface area contributed by atoms with Gasteiger partial charge in [0.05, 0.1) is 11.9 Å². The van der Waals surface area contributed by atoms with E-state index >= 15 is 0 Å². The van der Waals surface area contributed by atoms with Gasteiger partial charge in [-0.25, -0.2) is 0 Å². The molecular weight excluding hydrogens is 216 g/mol. The molecule has 1 heterocycles. The minimum absolute atomic E-state index is 0.150. The molecular formula is C13H12N2O2. The Morgan fingerprint density at radius 2 is 2.41 bits per heavy atom. The first kappa shape index (κ1) is 10.2. The average molecular weight is 228 g/mol. The lowest BCUT2D eigenvalue weighted by Crippen LogP contribution is -2.23. The molecule has 0 aromatic carbocycles. The molecule has 4 heteroatoms. The van der Waals surface area contributed by atoms with E-state index in [1.807, 2.05) is 18.2 Å². The van der Waals surface area contributed by atoms with Gasteiger partial charge in [-0.3, -0.25) is 4.79 Å². The van der Waals surface area contributed by atoms with Crippen LogP contribution < -0.4 is 0 Å². The summed E-state index contributed by atoms with van der Waals surface area (Å²) < 4.78 is 0. The second-order valence-electron chi connectivity index (χ2n) is 4.61. The number of carboxylic acid groups (broad SMARTS) is 1. The van der Waals surface area contributed by atoms with E-state index in [1.54, 1.807) is 6.20 Å². The maximum Gasteiger partial charge on any atom is 0.303 e. The van der Waals surface area contributed by atoms with Crippen molar-refractivity contribution >= 4 is 5.97 Å². The largest absolute Gasteiger partial charge is 0.481 e. The summed E-state index contributed by atoms with van der Waals surface area (Å²) in [5.41, 5.74) is 3.04. The molecule has 0 aromatic heterocycles. The van der Waals surface area contributed by atoms with Crippen LogP contribution in [0.3, 0.4) is 0 Å². The number of carbonyl (C=O) groups is 1. The van der Waals surface area contributed by atoms with Crippen molar-refractivity contribution < 1.29 is 9.90 Å². The highest BCUT2D eigenvalue weighted by Gasteiger charge is 2.38. The topological polar surface area (TPSA) is 62.0 Å². The molecule has 3 rings (SSSR count). The van der Waals surface area contributed by atoms with E-state index in [9.17, 15) is 4.79 Å². The van der Waals surface area contributed by atoms with Crippen LogP contribution in [0.1, 0.15) is 19.3 Å². The van der Waals surface area contributed by atoms with Gasteiger partial charge in [0.15, 0.2) is 0 Å². The maximum absolute atomic E-state index is 10.7. The molecule has 0 amide bonds. The minimum Gasteiger partial charge on any atom is -0.481 e. The maximum atomic E-state index is 10.7. The fourth-order valence-corrected chi connectivity index (χ4v) is 2.63. The molecule has 0 bridgehead atoms. The normalized spacial score (nSPS) is 28.4. The Labute approximate surface area is 98.7 Å². The molecule has 0 saturated carbocycles. The van der Waals surface area contributed by atoms with Crippen LogP contribution in [0.4, 0.5) is 0 Å². The van der Waals surface area contributed by atoms with Crippen molar-refractivity contribution in [3.8, 4) is 0 Å². The van der Waals surface area contributed by atoms with Crippen LogP contribution in [0.15, 0.2) is 57.6 Å². The summed E-state index contributed by atoms with van der Waals surface area (Å²) >= 11 is 0. The smallest absolute Gasteiger partial charge is 0.303 e. The summed E-state index contributed by atoms with van der Waals surface area (Å²) in [4.78, 5) is 10.7. The molecule has 0 spiro atoms. The molecule has 0 aromatic rings. The van der Waals surface area contributed by atoms with Gasteiger partial charge in [0.2, 0.25) is 0 Å². The fraction of sp³-hybridized carbons (Fsp3) is 0.308. The Balaban J connectivity index is 1.92. The van der Waals surface area contributed by atoms with E-state index < -0.39 is 5.97 Å². The van der Waals surface area contributed by atoms with Gasteiger partial charge < -0.3 is 5.11 Å². The quantitative estimate of drug-likeness (QED) is 0.807. The summed E-state index contributed by atoms with van der Waals surface area (Å²) in [6, 6.07) is 0. The molecule has 1 aliphatic heterocycles. The molecule has 17 heavy (non-hydrogen) atoms. The number of carboxylic acids is 1. The van der Waals surface area contributed by atoms with E-state index in [0.29, 0.717) is 6.42 Å². The molecule has 4 nitrogen and oxygen atoms in total. The van der Waals surface area contributed by atoms with Crippen molar-refractivity contribution in [3.63, 3.8) is 0 Å². The lowest BCUT2D eigenvalue weighted by molar-refractivity contribution is -0.137. The van der Waals surface area contributed by atoms with Crippen LogP contribution in [0.2, 0.25) is 0 Å². The fourth-order valence-electron chi connectivity index (χ4n) is 2.63. The third-order valence-electron chi connectivity index (χ3n) is 3.56. The zero-order valence-electron chi connectivity index (χ0n) is 9.26. The summed E-state index contributed by atoms with van der Waals surface area (Å²) in [5.74, 6) is -0.747. The molecule has 0 fully saturated rings. The first-order chi connectivity index (χ1) is 8.20. The van der Waals surface area contributed by atoms with E-state index in [1.165, 1.54) is 0 Å². The molecule has 0 radical (unpaired) electrons. The zero-order valence-corrected chi connectivity index (χ0v) is 9.26. The van der Waals surface area contributed by atoms with Gasteiger partial charge in [-0.15, -0.1) is 0 Å². The number of azo groups is 1. The Kier molecular flexibility index (Phi) is 2.11. The standard InChI is InChI=1S/C13H12N2O2/c16-12(17)3-5-13-4-1-2-10(13)6-11-9(7-13)8-14-15-11/h1-2,4,6,8H,3,5,7H2,(H,16,17). The number of hydrogen-bond donors (Lipinski definition) is 1. The van der Waals surface area contributed by atoms with Crippen LogP contribution >= 0.6 is 0 Å². The van der Waals surface area contributed by atoms with Crippen molar-refractivity contribution in [2.75, 3.05) is 0 Å². The average Bonchev–Trinajstić information content (AvgIpc) is 2.88. The number of hydrogen-bond acceptors (Lipinski definition) is 3. The summed E-state index contributed by atoms with van der Waals surface area (Å²) in [6.07, 6.45) is 11.6. The SMILES string of the molecule is O=C(O)CCC12C=CC=C1C=C1N=NC=C1C2. The molecule has 2 aliphatic carbocycles. The van der Waals surface area contributed by atoms with Crippen molar-refractivity contribution in [2.45, 2.75) is 19.3 Å². The lowest BCUT2D eigenvalue weighted by Gasteiger charge is -2.33. The van der Waals surface area contributed by atoms with Crippen molar-refractivity contribution in [1.82, 2.24) is 0 Å². The van der Waals surface area contributed by atoms with Gasteiger partial charge in [0.25, 0.3) is 0 Å². The second kappa shape index (κ2) is 3.52. The summed E-state index contributed by atoms with van der Waals surface area (Å²) in [7, 11) is 0. The van der Waals surface area contributed by atoms with Crippen LogP contribution in [-0.2, 0) is 4.79 Å². The molecule has 1 unspecified atom stereocenters. The first-order valence-electron chi connectivity index (χ1n) is 5.63. The second-order valence-corrected chi connectivity index (χ2v) is 4.61. The predicted molar refractivity (Wildman–Crippen MR) is 62.2 cm³/mol. The van der Waals surface area contributed by atoms with Crippen LogP contribution in [-0.4, -0.2) is 11.1 Å². The molecule has 3 aliphatic rings. The number of aliphatic carboxylic acids is 1. The van der Waals surface area contributed by atoms with Crippen molar-refractivity contribution in [3.05, 3.63) is 47.3 Å². The number of allylic oxidation sites excluding steroid dienone is 6. The van der Waals surface area contributed by atoms with E-state index in [0.717, 1.165) is 23.3 Å². The monoisotopic (exact) mass is 228 g/mol. The van der Waals surface area contributed by atoms with Crippen LogP contribution in [0.5, 0.6) is 0 Å². The molecule has 86 valence electrons. The van der Waals surface area contributed by atoms with Crippen molar-refractivity contribution in [1.29, 1.82) is 0 Å². The lowest BCUT2D eigenvalue weighted by atomic mass is 9.70. The Bertz CT molecular complexity index is 538. The van der Waals surface area contributed by atoms with Gasteiger partial charge in [-0.05, 0) is 24.5 Å². The van der Waals surface area contributed by atoms with Gasteiger partial charge in [-0.2, -0.15) is 10.2 Å². The highest BCUT2D eigenvalue weighted by atomic mass is 16.4. The van der Waals surface area contributed by atoms with Gasteiger partial charge in [-0.1, -0.05) is 18.2 Å². The minimum atomic E-state index is -0.747. The first-order valence-corrected chi connectivity index (χ1v) is 5.63. The van der Waals surface area contributed by atoms with Gasteiger partial charge >= 0.3 is 5.97 Å². The third-order valence-corrected chi connectivity index (χ3v) is 3.56. The number of nitrogens with zero attached hydrogens (tertiary/aromatic N) is 2. The Hall–Kier alpha value is -1.97. The summed E-state index contributed by atoms with van der Waals surface area (Å²) in [5, 5.41) is 16.8. The van der Waals surface area contributed by atoms with E-state index in [4.69, 9.17) is 5.11 Å². The molecule has 1 atom stereocenters. The molecule has 1 N–H and O–H groups in total. The van der Waals surface area contributed by atoms with Crippen LogP contribution in [0.25, 0.3) is 0 Å². The van der Waals surface area contributed by atoms with Crippen molar-refractivity contribution in [2.24, 2.45) is 15.6 Å². The van der Waals surface area contributed by atoms with Crippen LogP contribution in [0, 0.1) is 5.41 Å². The van der Waals surface area contributed by atoms with E-state index in [2.05, 4.69) is 16.3 Å². The zero-order chi connectivity index (χ0) is 11.9.